The van der Waals surface area contributed by atoms with E-state index >= 15 is 0 Å². The number of thiophene rings is 1. The van der Waals surface area contributed by atoms with Crippen LogP contribution in [-0.4, -0.2) is 25.5 Å². The van der Waals surface area contributed by atoms with Gasteiger partial charge in [0.15, 0.2) is 11.5 Å². The SMILES string of the molecule is CCOc1ccc(C(=O)NNC(=O)c2cc(C)c(CC)s2)cc1OC. The Morgan fingerprint density at radius 3 is 2.40 bits per heavy atom. The minimum absolute atomic E-state index is 0.334. The number of rotatable bonds is 6. The van der Waals surface area contributed by atoms with E-state index in [2.05, 4.69) is 10.9 Å². The summed E-state index contributed by atoms with van der Waals surface area (Å²) in [6.45, 7) is 6.38. The maximum Gasteiger partial charge on any atom is 0.279 e. The molecule has 1 aromatic heterocycles. The average molecular weight is 362 g/mol. The highest BCUT2D eigenvalue weighted by Gasteiger charge is 2.14. The number of amides is 2. The minimum atomic E-state index is -0.432. The molecule has 0 aliphatic heterocycles. The quantitative estimate of drug-likeness (QED) is 0.774. The molecule has 0 aliphatic carbocycles. The second kappa shape index (κ2) is 8.53. The molecule has 134 valence electrons. The highest BCUT2D eigenvalue weighted by molar-refractivity contribution is 7.14. The van der Waals surface area contributed by atoms with Crippen LogP contribution >= 0.6 is 11.3 Å². The lowest BCUT2D eigenvalue weighted by Crippen LogP contribution is -2.41. The minimum Gasteiger partial charge on any atom is -0.493 e. The molecule has 0 radical (unpaired) electrons. The number of benzene rings is 1. The van der Waals surface area contributed by atoms with Crippen LogP contribution in [0.15, 0.2) is 24.3 Å². The zero-order valence-corrected chi connectivity index (χ0v) is 15.6. The molecule has 2 aromatic rings. The molecule has 0 bridgehead atoms. The lowest BCUT2D eigenvalue weighted by molar-refractivity contribution is 0.0848. The van der Waals surface area contributed by atoms with E-state index < -0.39 is 5.91 Å². The molecule has 2 N–H and O–H groups in total. The molecular weight excluding hydrogens is 340 g/mol. The maximum absolute atomic E-state index is 12.2. The van der Waals surface area contributed by atoms with E-state index in [0.29, 0.717) is 28.5 Å². The number of hydrazine groups is 1. The van der Waals surface area contributed by atoms with E-state index in [1.165, 1.54) is 18.4 Å². The van der Waals surface area contributed by atoms with E-state index in [9.17, 15) is 9.59 Å². The summed E-state index contributed by atoms with van der Waals surface area (Å²) >= 11 is 1.43. The van der Waals surface area contributed by atoms with Crippen molar-refractivity contribution in [3.63, 3.8) is 0 Å². The van der Waals surface area contributed by atoms with Gasteiger partial charge in [-0.05, 0) is 50.1 Å². The fourth-order valence-electron chi connectivity index (χ4n) is 2.31. The first-order valence-electron chi connectivity index (χ1n) is 8.00. The van der Waals surface area contributed by atoms with Crippen LogP contribution in [0.5, 0.6) is 11.5 Å². The number of carbonyl (C=O) groups is 2. The topological polar surface area (TPSA) is 76.7 Å². The van der Waals surface area contributed by atoms with Crippen molar-refractivity contribution in [3.05, 3.63) is 45.1 Å². The molecule has 0 spiro atoms. The van der Waals surface area contributed by atoms with Crippen LogP contribution in [0.4, 0.5) is 0 Å². The Morgan fingerprint density at radius 1 is 1.08 bits per heavy atom. The Hall–Kier alpha value is -2.54. The Kier molecular flexibility index (Phi) is 6.41. The third-order valence-electron chi connectivity index (χ3n) is 3.58. The van der Waals surface area contributed by atoms with Crippen molar-refractivity contribution in [2.24, 2.45) is 0 Å². The van der Waals surface area contributed by atoms with Crippen LogP contribution < -0.4 is 20.3 Å². The lowest BCUT2D eigenvalue weighted by Gasteiger charge is -2.11. The van der Waals surface area contributed by atoms with Crippen molar-refractivity contribution in [2.45, 2.75) is 27.2 Å². The molecule has 1 aromatic carbocycles. The number of methoxy groups -OCH3 is 1. The fraction of sp³-hybridized carbons (Fsp3) is 0.333. The van der Waals surface area contributed by atoms with Crippen molar-refractivity contribution in [1.29, 1.82) is 0 Å². The number of hydrogen-bond donors (Lipinski definition) is 2. The molecule has 0 unspecified atom stereocenters. The largest absolute Gasteiger partial charge is 0.493 e. The second-order valence-corrected chi connectivity index (χ2v) is 6.41. The molecule has 0 atom stereocenters. The molecule has 2 rings (SSSR count). The van der Waals surface area contributed by atoms with Crippen LogP contribution in [0.1, 0.15) is 44.3 Å². The van der Waals surface area contributed by atoms with Crippen molar-refractivity contribution in [1.82, 2.24) is 10.9 Å². The molecule has 25 heavy (non-hydrogen) atoms. The normalized spacial score (nSPS) is 10.2. The van der Waals surface area contributed by atoms with Crippen molar-refractivity contribution in [2.75, 3.05) is 13.7 Å². The number of nitrogens with one attached hydrogen (secondary N) is 2. The van der Waals surface area contributed by atoms with Crippen LogP contribution in [0.3, 0.4) is 0 Å². The lowest BCUT2D eigenvalue weighted by atomic mass is 10.2. The summed E-state index contributed by atoms with van der Waals surface area (Å²) in [6, 6.07) is 6.66. The first-order valence-corrected chi connectivity index (χ1v) is 8.82. The van der Waals surface area contributed by atoms with Gasteiger partial charge in [0.1, 0.15) is 0 Å². The van der Waals surface area contributed by atoms with Crippen LogP contribution in [-0.2, 0) is 6.42 Å². The van der Waals surface area contributed by atoms with Gasteiger partial charge in [-0.25, -0.2) is 0 Å². The maximum atomic E-state index is 12.2. The molecule has 0 aliphatic rings. The third kappa shape index (κ3) is 4.51. The highest BCUT2D eigenvalue weighted by atomic mass is 32.1. The zero-order valence-electron chi connectivity index (χ0n) is 14.8. The van der Waals surface area contributed by atoms with E-state index in [1.807, 2.05) is 26.8 Å². The van der Waals surface area contributed by atoms with Gasteiger partial charge in [-0.3, -0.25) is 20.4 Å². The summed E-state index contributed by atoms with van der Waals surface area (Å²) in [5.74, 6) is 0.256. The zero-order chi connectivity index (χ0) is 18.4. The molecule has 2 amide bonds. The summed E-state index contributed by atoms with van der Waals surface area (Å²) < 4.78 is 10.6. The number of carbonyl (C=O) groups excluding carboxylic acids is 2. The van der Waals surface area contributed by atoms with Gasteiger partial charge in [0.05, 0.1) is 18.6 Å². The van der Waals surface area contributed by atoms with Gasteiger partial charge < -0.3 is 9.47 Å². The highest BCUT2D eigenvalue weighted by Crippen LogP contribution is 2.28. The molecule has 0 fully saturated rings. The number of hydrogen-bond acceptors (Lipinski definition) is 5. The van der Waals surface area contributed by atoms with Crippen LogP contribution in [0, 0.1) is 6.92 Å². The Morgan fingerprint density at radius 2 is 1.80 bits per heavy atom. The van der Waals surface area contributed by atoms with Crippen LogP contribution in [0.25, 0.3) is 0 Å². The van der Waals surface area contributed by atoms with E-state index in [0.717, 1.165) is 16.9 Å². The molecule has 0 saturated heterocycles. The summed E-state index contributed by atoms with van der Waals surface area (Å²) in [5.41, 5.74) is 6.30. The molecule has 1 heterocycles. The summed E-state index contributed by atoms with van der Waals surface area (Å²) in [6.07, 6.45) is 0.877. The standard InChI is InChI=1S/C18H22N2O4S/c1-5-15-11(3)9-16(25-15)18(22)20-19-17(21)12-7-8-13(24-6-2)14(10-12)23-4/h7-10H,5-6H2,1-4H3,(H,19,21)(H,20,22). The van der Waals surface area contributed by atoms with E-state index in [1.54, 1.807) is 18.2 Å². The summed E-state index contributed by atoms with van der Waals surface area (Å²) in [7, 11) is 1.51. The summed E-state index contributed by atoms with van der Waals surface area (Å²) in [4.78, 5) is 26.1. The van der Waals surface area contributed by atoms with Crippen molar-refractivity contribution < 1.29 is 19.1 Å². The Labute approximate surface area is 151 Å². The molecule has 6 nitrogen and oxygen atoms in total. The van der Waals surface area contributed by atoms with Crippen molar-refractivity contribution in [3.8, 4) is 11.5 Å². The molecule has 7 heteroatoms. The smallest absolute Gasteiger partial charge is 0.279 e. The Bertz CT molecular complexity index is 770. The Balaban J connectivity index is 2.03. The second-order valence-electron chi connectivity index (χ2n) is 5.28. The number of aryl methyl sites for hydroxylation is 2. The molecule has 0 saturated carbocycles. The van der Waals surface area contributed by atoms with Gasteiger partial charge in [0.2, 0.25) is 0 Å². The van der Waals surface area contributed by atoms with Crippen LogP contribution in [0.2, 0.25) is 0 Å². The van der Waals surface area contributed by atoms with E-state index in [4.69, 9.17) is 9.47 Å². The van der Waals surface area contributed by atoms with Gasteiger partial charge in [-0.2, -0.15) is 0 Å². The van der Waals surface area contributed by atoms with Gasteiger partial charge in [-0.1, -0.05) is 6.92 Å². The first kappa shape index (κ1) is 18.8. The van der Waals surface area contributed by atoms with Crippen molar-refractivity contribution >= 4 is 23.2 Å². The predicted molar refractivity (Wildman–Crippen MR) is 97.5 cm³/mol. The summed E-state index contributed by atoms with van der Waals surface area (Å²) in [5, 5.41) is 0. The first-order chi connectivity index (χ1) is 12.0. The monoisotopic (exact) mass is 362 g/mol. The fourth-order valence-corrected chi connectivity index (χ4v) is 3.32. The van der Waals surface area contributed by atoms with E-state index in [-0.39, 0.29) is 5.91 Å². The third-order valence-corrected chi connectivity index (χ3v) is 4.96. The van der Waals surface area contributed by atoms with Gasteiger partial charge in [-0.15, -0.1) is 11.3 Å². The van der Waals surface area contributed by atoms with Gasteiger partial charge in [0.25, 0.3) is 11.8 Å². The van der Waals surface area contributed by atoms with Gasteiger partial charge >= 0.3 is 0 Å². The number of ether oxygens (including phenoxy) is 2. The predicted octanol–water partition coefficient (Wildman–Crippen LogP) is 3.10. The molecular formula is C18H22N2O4S. The van der Waals surface area contributed by atoms with Gasteiger partial charge in [0, 0.05) is 10.4 Å². The average Bonchev–Trinajstić information content (AvgIpc) is 3.00.